The number of benzene rings is 2. The van der Waals surface area contributed by atoms with E-state index in [0.29, 0.717) is 12.5 Å². The van der Waals surface area contributed by atoms with E-state index >= 15 is 0 Å². The topological polar surface area (TPSA) is 37.4 Å². The summed E-state index contributed by atoms with van der Waals surface area (Å²) in [5.41, 5.74) is 1.92. The molecule has 0 saturated carbocycles. The van der Waals surface area contributed by atoms with Gasteiger partial charge in [-0.25, -0.2) is 12.8 Å². The van der Waals surface area contributed by atoms with Crippen molar-refractivity contribution in [1.82, 2.24) is 4.90 Å². The van der Waals surface area contributed by atoms with Crippen LogP contribution in [0, 0.1) is 5.82 Å². The van der Waals surface area contributed by atoms with E-state index in [1.165, 1.54) is 24.3 Å². The van der Waals surface area contributed by atoms with E-state index in [9.17, 15) is 26.0 Å². The van der Waals surface area contributed by atoms with Crippen molar-refractivity contribution in [3.05, 3.63) is 71.0 Å². The Hall–Kier alpha value is -1.93. The van der Waals surface area contributed by atoms with Crippen molar-refractivity contribution in [3.63, 3.8) is 0 Å². The lowest BCUT2D eigenvalue weighted by Crippen LogP contribution is -2.33. The van der Waals surface area contributed by atoms with E-state index in [0.717, 1.165) is 43.3 Å². The first kappa shape index (κ1) is 22.7. The zero-order valence-electron chi connectivity index (χ0n) is 16.7. The number of nitrogens with zero attached hydrogens (tertiary/aromatic N) is 1. The molecule has 0 amide bonds. The van der Waals surface area contributed by atoms with E-state index in [1.807, 2.05) is 0 Å². The average molecular weight is 444 g/mol. The fourth-order valence-corrected chi connectivity index (χ4v) is 4.99. The number of halogens is 4. The van der Waals surface area contributed by atoms with Gasteiger partial charge in [-0.2, -0.15) is 13.2 Å². The van der Waals surface area contributed by atoms with Gasteiger partial charge in [-0.3, -0.25) is 4.90 Å². The van der Waals surface area contributed by atoms with Crippen molar-refractivity contribution >= 4 is 9.84 Å². The van der Waals surface area contributed by atoms with Crippen molar-refractivity contribution in [2.75, 3.05) is 25.1 Å². The predicted octanol–water partition coefficient (Wildman–Crippen LogP) is 4.90. The van der Waals surface area contributed by atoms with Gasteiger partial charge in [0.05, 0.1) is 11.7 Å². The highest BCUT2D eigenvalue weighted by atomic mass is 32.2. The Morgan fingerprint density at radius 3 is 2.27 bits per heavy atom. The summed E-state index contributed by atoms with van der Waals surface area (Å²) in [5.74, 6) is -2.96. The summed E-state index contributed by atoms with van der Waals surface area (Å²) in [7, 11) is -3.77. The summed E-state index contributed by atoms with van der Waals surface area (Å²) in [4.78, 5) is 2.24. The third-order valence-electron chi connectivity index (χ3n) is 5.50. The van der Waals surface area contributed by atoms with Crippen molar-refractivity contribution in [2.24, 2.45) is 0 Å². The molecular weight excluding hydrogens is 418 g/mol. The Bertz CT molecular complexity index is 941. The van der Waals surface area contributed by atoms with Gasteiger partial charge < -0.3 is 0 Å². The van der Waals surface area contributed by atoms with E-state index in [4.69, 9.17) is 0 Å². The second-order valence-electron chi connectivity index (χ2n) is 8.05. The SMILES string of the molecule is CS(=O)(=O)C[C@@H](c1ccc(CN2CCCC(c3ccc(F)cc3)C2)cc1)C(F)(F)F. The summed E-state index contributed by atoms with van der Waals surface area (Å²) in [6, 6.07) is 12.5. The molecule has 2 aromatic rings. The maximum absolute atomic E-state index is 13.3. The molecule has 2 atom stereocenters. The zero-order chi connectivity index (χ0) is 21.9. The average Bonchev–Trinajstić information content (AvgIpc) is 2.66. The minimum Gasteiger partial charge on any atom is -0.298 e. The zero-order valence-corrected chi connectivity index (χ0v) is 17.5. The van der Waals surface area contributed by atoms with Crippen molar-refractivity contribution in [2.45, 2.75) is 37.4 Å². The van der Waals surface area contributed by atoms with E-state index in [2.05, 4.69) is 4.90 Å². The molecule has 1 saturated heterocycles. The van der Waals surface area contributed by atoms with Crippen LogP contribution >= 0.6 is 0 Å². The van der Waals surface area contributed by atoms with Gasteiger partial charge in [0, 0.05) is 19.3 Å². The first-order valence-electron chi connectivity index (χ1n) is 9.82. The van der Waals surface area contributed by atoms with Crippen LogP contribution in [0.15, 0.2) is 48.5 Å². The molecule has 1 aliphatic rings. The predicted molar refractivity (Wildman–Crippen MR) is 109 cm³/mol. The molecule has 3 rings (SSSR count). The molecule has 1 heterocycles. The Morgan fingerprint density at radius 2 is 1.70 bits per heavy atom. The lowest BCUT2D eigenvalue weighted by Gasteiger charge is -2.33. The monoisotopic (exact) mass is 443 g/mol. The van der Waals surface area contributed by atoms with Crippen LogP contribution in [0.3, 0.4) is 0 Å². The summed E-state index contributed by atoms with van der Waals surface area (Å²) in [6.07, 6.45) is -1.81. The van der Waals surface area contributed by atoms with Crippen LogP contribution in [-0.2, 0) is 16.4 Å². The van der Waals surface area contributed by atoms with Gasteiger partial charge in [0.1, 0.15) is 15.7 Å². The minimum absolute atomic E-state index is 0.0421. The molecule has 0 aliphatic carbocycles. The first-order chi connectivity index (χ1) is 14.0. The Labute approximate surface area is 174 Å². The fourth-order valence-electron chi connectivity index (χ4n) is 4.00. The first-order valence-corrected chi connectivity index (χ1v) is 11.9. The summed E-state index contributed by atoms with van der Waals surface area (Å²) in [6.45, 7) is 2.28. The third kappa shape index (κ3) is 6.28. The fraction of sp³-hybridized carbons (Fsp3) is 0.455. The van der Waals surface area contributed by atoms with Crippen LogP contribution in [0.25, 0.3) is 0 Å². The number of piperidine rings is 1. The highest BCUT2D eigenvalue weighted by molar-refractivity contribution is 7.90. The van der Waals surface area contributed by atoms with Crippen molar-refractivity contribution in [1.29, 1.82) is 0 Å². The van der Waals surface area contributed by atoms with Gasteiger partial charge >= 0.3 is 6.18 Å². The number of sulfone groups is 1. The molecule has 0 N–H and O–H groups in total. The molecule has 164 valence electrons. The van der Waals surface area contributed by atoms with E-state index < -0.39 is 27.7 Å². The summed E-state index contributed by atoms with van der Waals surface area (Å²) >= 11 is 0. The van der Waals surface area contributed by atoms with Gasteiger partial charge in [-0.1, -0.05) is 36.4 Å². The molecule has 2 aromatic carbocycles. The smallest absolute Gasteiger partial charge is 0.298 e. The molecule has 1 aliphatic heterocycles. The maximum Gasteiger partial charge on any atom is 0.396 e. The molecule has 0 radical (unpaired) electrons. The molecule has 3 nitrogen and oxygen atoms in total. The van der Waals surface area contributed by atoms with Crippen LogP contribution in [0.4, 0.5) is 17.6 Å². The molecule has 0 spiro atoms. The lowest BCUT2D eigenvalue weighted by atomic mass is 9.90. The van der Waals surface area contributed by atoms with Crippen LogP contribution in [0.2, 0.25) is 0 Å². The van der Waals surface area contributed by atoms with Crippen LogP contribution in [-0.4, -0.2) is 44.6 Å². The van der Waals surface area contributed by atoms with Crippen LogP contribution in [0.1, 0.15) is 41.4 Å². The minimum atomic E-state index is -4.63. The highest BCUT2D eigenvalue weighted by Gasteiger charge is 2.42. The van der Waals surface area contributed by atoms with Gasteiger partial charge in [0.25, 0.3) is 0 Å². The molecular formula is C22H25F4NO2S. The lowest BCUT2D eigenvalue weighted by molar-refractivity contribution is -0.145. The molecule has 1 fully saturated rings. The van der Waals surface area contributed by atoms with Gasteiger partial charge in [0.15, 0.2) is 0 Å². The molecule has 0 aromatic heterocycles. The van der Waals surface area contributed by atoms with Gasteiger partial charge in [0.2, 0.25) is 0 Å². The number of hydrogen-bond acceptors (Lipinski definition) is 3. The van der Waals surface area contributed by atoms with Crippen LogP contribution in [0.5, 0.6) is 0 Å². The van der Waals surface area contributed by atoms with E-state index in [1.54, 1.807) is 24.3 Å². The second-order valence-corrected chi connectivity index (χ2v) is 10.2. The summed E-state index contributed by atoms with van der Waals surface area (Å²) in [5, 5.41) is 0. The third-order valence-corrected chi connectivity index (χ3v) is 6.44. The van der Waals surface area contributed by atoms with Crippen molar-refractivity contribution < 1.29 is 26.0 Å². The standard InChI is InChI=1S/C22H25F4NO2S/c1-30(28,29)15-21(22(24,25)26)18-6-4-16(5-7-18)13-27-12-2-3-19(14-27)17-8-10-20(23)11-9-17/h4-11,19,21H,2-3,12-15H2,1H3/t19?,21-/m0/s1. The Balaban J connectivity index is 1.68. The molecule has 0 bridgehead atoms. The largest absolute Gasteiger partial charge is 0.396 e. The highest BCUT2D eigenvalue weighted by Crippen LogP contribution is 2.36. The molecule has 1 unspecified atom stereocenters. The number of hydrogen-bond donors (Lipinski definition) is 0. The maximum atomic E-state index is 13.3. The Kier molecular flexibility index (Phi) is 6.87. The summed E-state index contributed by atoms with van der Waals surface area (Å²) < 4.78 is 76.0. The number of rotatable bonds is 6. The quantitative estimate of drug-likeness (QED) is 0.597. The number of likely N-dealkylation sites (tertiary alicyclic amines) is 1. The Morgan fingerprint density at radius 1 is 1.07 bits per heavy atom. The molecule has 30 heavy (non-hydrogen) atoms. The van der Waals surface area contributed by atoms with E-state index in [-0.39, 0.29) is 11.4 Å². The van der Waals surface area contributed by atoms with Crippen molar-refractivity contribution in [3.8, 4) is 0 Å². The second kappa shape index (κ2) is 9.06. The number of alkyl halides is 3. The molecule has 8 heteroatoms. The van der Waals surface area contributed by atoms with Crippen LogP contribution < -0.4 is 0 Å². The van der Waals surface area contributed by atoms with Gasteiger partial charge in [-0.05, 0) is 54.1 Å². The normalized spacial score (nSPS) is 19.6. The van der Waals surface area contributed by atoms with Gasteiger partial charge in [-0.15, -0.1) is 0 Å².